The lowest BCUT2D eigenvalue weighted by Gasteiger charge is -2.13. The number of rotatable bonds is 5. The van der Waals surface area contributed by atoms with E-state index in [1.807, 2.05) is 24.3 Å². The van der Waals surface area contributed by atoms with Gasteiger partial charge < -0.3 is 15.4 Å². The summed E-state index contributed by atoms with van der Waals surface area (Å²) in [6.07, 6.45) is 0. The summed E-state index contributed by atoms with van der Waals surface area (Å²) < 4.78 is 5.33. The molecule has 3 nitrogen and oxygen atoms in total. The number of thiocarbonyl (C=S) groups is 1. The Labute approximate surface area is 137 Å². The number of para-hydroxylation sites is 1. The van der Waals surface area contributed by atoms with Crippen molar-refractivity contribution in [3.8, 4) is 5.75 Å². The van der Waals surface area contributed by atoms with Crippen LogP contribution in [0.2, 0.25) is 0 Å². The Balaban J connectivity index is 1.85. The number of methoxy groups -OCH3 is 1. The molecule has 4 heteroatoms. The minimum absolute atomic E-state index is 0.642. The SMILES string of the molecule is COc1ccccc1CNC(=S)NCc1cc(C)cc(C)c1. The zero-order chi connectivity index (χ0) is 15.9. The molecule has 2 aromatic carbocycles. The predicted octanol–water partition coefficient (Wildman–Crippen LogP) is 3.48. The zero-order valence-corrected chi connectivity index (χ0v) is 14.1. The first-order valence-electron chi connectivity index (χ1n) is 7.29. The van der Waals surface area contributed by atoms with E-state index in [1.54, 1.807) is 7.11 Å². The van der Waals surface area contributed by atoms with Crippen molar-refractivity contribution in [2.24, 2.45) is 0 Å². The quantitative estimate of drug-likeness (QED) is 0.828. The van der Waals surface area contributed by atoms with E-state index in [1.165, 1.54) is 16.7 Å². The van der Waals surface area contributed by atoms with Gasteiger partial charge in [0, 0.05) is 18.7 Å². The molecule has 0 aliphatic carbocycles. The van der Waals surface area contributed by atoms with Gasteiger partial charge in [-0.3, -0.25) is 0 Å². The molecule has 2 N–H and O–H groups in total. The minimum atomic E-state index is 0.642. The predicted molar refractivity (Wildman–Crippen MR) is 95.2 cm³/mol. The molecule has 0 aromatic heterocycles. The second-order valence-electron chi connectivity index (χ2n) is 5.34. The third-order valence-electron chi connectivity index (χ3n) is 3.37. The molecule has 0 aliphatic rings. The fourth-order valence-corrected chi connectivity index (χ4v) is 2.58. The number of aryl methyl sites for hydroxylation is 2. The summed E-state index contributed by atoms with van der Waals surface area (Å²) in [5, 5.41) is 7.10. The first kappa shape index (κ1) is 16.3. The summed E-state index contributed by atoms with van der Waals surface area (Å²) in [6, 6.07) is 14.4. The van der Waals surface area contributed by atoms with E-state index in [2.05, 4.69) is 42.7 Å². The van der Waals surface area contributed by atoms with Crippen molar-refractivity contribution in [2.45, 2.75) is 26.9 Å². The first-order valence-corrected chi connectivity index (χ1v) is 7.70. The minimum Gasteiger partial charge on any atom is -0.496 e. The topological polar surface area (TPSA) is 33.3 Å². The Hall–Kier alpha value is -2.07. The maximum atomic E-state index is 5.33. The summed E-state index contributed by atoms with van der Waals surface area (Å²) in [6.45, 7) is 5.58. The van der Waals surface area contributed by atoms with Crippen molar-refractivity contribution in [3.05, 3.63) is 64.7 Å². The molecule has 0 saturated heterocycles. The molecule has 0 amide bonds. The molecule has 116 valence electrons. The molecular formula is C18H22N2OS. The van der Waals surface area contributed by atoms with Gasteiger partial charge in [0.05, 0.1) is 7.11 Å². The van der Waals surface area contributed by atoms with Crippen LogP contribution in [0.15, 0.2) is 42.5 Å². The Morgan fingerprint density at radius 2 is 1.64 bits per heavy atom. The van der Waals surface area contributed by atoms with Crippen LogP contribution in [0.1, 0.15) is 22.3 Å². The highest BCUT2D eigenvalue weighted by Gasteiger charge is 2.03. The van der Waals surface area contributed by atoms with Gasteiger partial charge in [-0.2, -0.15) is 0 Å². The molecule has 0 fully saturated rings. The van der Waals surface area contributed by atoms with Gasteiger partial charge in [-0.1, -0.05) is 47.5 Å². The van der Waals surface area contributed by atoms with Crippen LogP contribution in [0.5, 0.6) is 5.75 Å². The third-order valence-corrected chi connectivity index (χ3v) is 3.66. The van der Waals surface area contributed by atoms with Crippen LogP contribution in [0, 0.1) is 13.8 Å². The number of hydrogen-bond donors (Lipinski definition) is 2. The van der Waals surface area contributed by atoms with Crippen LogP contribution in [0.25, 0.3) is 0 Å². The normalized spacial score (nSPS) is 10.1. The molecule has 0 atom stereocenters. The van der Waals surface area contributed by atoms with Gasteiger partial charge in [0.1, 0.15) is 5.75 Å². The molecule has 2 aromatic rings. The lowest BCUT2D eigenvalue weighted by atomic mass is 10.1. The van der Waals surface area contributed by atoms with Crippen LogP contribution in [0.4, 0.5) is 0 Å². The average molecular weight is 314 g/mol. The van der Waals surface area contributed by atoms with Crippen molar-refractivity contribution in [1.82, 2.24) is 10.6 Å². The highest BCUT2D eigenvalue weighted by Crippen LogP contribution is 2.16. The summed E-state index contributed by atoms with van der Waals surface area (Å²) in [5.74, 6) is 0.868. The summed E-state index contributed by atoms with van der Waals surface area (Å²) >= 11 is 5.33. The zero-order valence-electron chi connectivity index (χ0n) is 13.3. The molecule has 0 spiro atoms. The Kier molecular flexibility index (Phi) is 5.78. The number of hydrogen-bond acceptors (Lipinski definition) is 2. The largest absolute Gasteiger partial charge is 0.496 e. The van der Waals surface area contributed by atoms with E-state index in [9.17, 15) is 0 Å². The molecular weight excluding hydrogens is 292 g/mol. The van der Waals surface area contributed by atoms with Gasteiger partial charge in [0.25, 0.3) is 0 Å². The van der Waals surface area contributed by atoms with Crippen LogP contribution < -0.4 is 15.4 Å². The molecule has 0 bridgehead atoms. The van der Waals surface area contributed by atoms with Crippen molar-refractivity contribution in [3.63, 3.8) is 0 Å². The summed E-state index contributed by atoms with van der Waals surface area (Å²) in [4.78, 5) is 0. The van der Waals surface area contributed by atoms with Gasteiger partial charge in [-0.25, -0.2) is 0 Å². The van der Waals surface area contributed by atoms with E-state index in [0.717, 1.165) is 17.9 Å². The Morgan fingerprint density at radius 1 is 1.00 bits per heavy atom. The van der Waals surface area contributed by atoms with E-state index < -0.39 is 0 Å². The van der Waals surface area contributed by atoms with E-state index in [4.69, 9.17) is 17.0 Å². The fourth-order valence-electron chi connectivity index (χ4n) is 2.44. The summed E-state index contributed by atoms with van der Waals surface area (Å²) in [5.41, 5.74) is 4.86. The van der Waals surface area contributed by atoms with Gasteiger partial charge in [-0.15, -0.1) is 0 Å². The molecule has 22 heavy (non-hydrogen) atoms. The van der Waals surface area contributed by atoms with Crippen LogP contribution in [-0.4, -0.2) is 12.2 Å². The smallest absolute Gasteiger partial charge is 0.166 e. The van der Waals surface area contributed by atoms with E-state index in [-0.39, 0.29) is 0 Å². The Morgan fingerprint density at radius 3 is 2.32 bits per heavy atom. The monoisotopic (exact) mass is 314 g/mol. The first-order chi connectivity index (χ1) is 10.6. The fraction of sp³-hybridized carbons (Fsp3) is 0.278. The van der Waals surface area contributed by atoms with E-state index >= 15 is 0 Å². The van der Waals surface area contributed by atoms with Crippen LogP contribution in [0.3, 0.4) is 0 Å². The number of ether oxygens (including phenoxy) is 1. The standard InChI is InChI=1S/C18H22N2OS/c1-13-8-14(2)10-15(9-13)11-19-18(22)20-12-16-6-4-5-7-17(16)21-3/h4-10H,11-12H2,1-3H3,(H2,19,20,22). The molecule has 0 aliphatic heterocycles. The lowest BCUT2D eigenvalue weighted by molar-refractivity contribution is 0.409. The van der Waals surface area contributed by atoms with Gasteiger partial charge in [0.15, 0.2) is 5.11 Å². The second kappa shape index (κ2) is 7.80. The molecule has 2 rings (SSSR count). The van der Waals surface area contributed by atoms with Crippen molar-refractivity contribution >= 4 is 17.3 Å². The van der Waals surface area contributed by atoms with Crippen LogP contribution >= 0.6 is 12.2 Å². The highest BCUT2D eigenvalue weighted by atomic mass is 32.1. The highest BCUT2D eigenvalue weighted by molar-refractivity contribution is 7.80. The molecule has 0 heterocycles. The summed E-state index contributed by atoms with van der Waals surface area (Å²) in [7, 11) is 1.68. The van der Waals surface area contributed by atoms with Gasteiger partial charge in [-0.05, 0) is 37.7 Å². The maximum Gasteiger partial charge on any atom is 0.166 e. The number of benzene rings is 2. The second-order valence-corrected chi connectivity index (χ2v) is 5.75. The van der Waals surface area contributed by atoms with Crippen molar-refractivity contribution < 1.29 is 4.74 Å². The van der Waals surface area contributed by atoms with Gasteiger partial charge in [0.2, 0.25) is 0 Å². The third kappa shape index (κ3) is 4.74. The maximum absolute atomic E-state index is 5.33. The average Bonchev–Trinajstić information content (AvgIpc) is 2.50. The van der Waals surface area contributed by atoms with Gasteiger partial charge >= 0.3 is 0 Å². The van der Waals surface area contributed by atoms with Crippen LogP contribution in [-0.2, 0) is 13.1 Å². The van der Waals surface area contributed by atoms with Crippen molar-refractivity contribution in [2.75, 3.05) is 7.11 Å². The lowest BCUT2D eigenvalue weighted by Crippen LogP contribution is -2.34. The molecule has 0 radical (unpaired) electrons. The van der Waals surface area contributed by atoms with E-state index in [0.29, 0.717) is 11.7 Å². The molecule has 0 unspecified atom stereocenters. The van der Waals surface area contributed by atoms with Crippen molar-refractivity contribution in [1.29, 1.82) is 0 Å². The number of nitrogens with one attached hydrogen (secondary N) is 2. The molecule has 0 saturated carbocycles. The Bertz CT molecular complexity index is 635.